The third kappa shape index (κ3) is 2.07. The summed E-state index contributed by atoms with van der Waals surface area (Å²) in [5, 5.41) is 18.8. The van der Waals surface area contributed by atoms with Crippen LogP contribution in [0.4, 0.5) is 11.5 Å². The first-order valence-corrected chi connectivity index (χ1v) is 6.22. The van der Waals surface area contributed by atoms with Gasteiger partial charge < -0.3 is 5.32 Å². The molecule has 1 N–H and O–H groups in total. The maximum absolute atomic E-state index is 11.2. The van der Waals surface area contributed by atoms with Crippen molar-refractivity contribution in [2.75, 3.05) is 5.32 Å². The third-order valence-electron chi connectivity index (χ3n) is 3.60. The van der Waals surface area contributed by atoms with Gasteiger partial charge in [-0.25, -0.2) is 4.68 Å². The van der Waals surface area contributed by atoms with Gasteiger partial charge in [0.25, 0.3) is 0 Å². The molecule has 1 aromatic rings. The van der Waals surface area contributed by atoms with Crippen molar-refractivity contribution in [3.05, 3.63) is 15.8 Å². The van der Waals surface area contributed by atoms with Crippen LogP contribution in [0.1, 0.15) is 45.7 Å². The van der Waals surface area contributed by atoms with Gasteiger partial charge >= 0.3 is 5.69 Å². The lowest BCUT2D eigenvalue weighted by Crippen LogP contribution is -2.12. The fraction of sp³-hybridized carbons (Fsp3) is 0.750. The Kier molecular flexibility index (Phi) is 2.83. The fourth-order valence-electron chi connectivity index (χ4n) is 2.14. The van der Waals surface area contributed by atoms with Gasteiger partial charge in [0.05, 0.1) is 4.92 Å². The van der Waals surface area contributed by atoms with Gasteiger partial charge in [0.1, 0.15) is 5.69 Å². The minimum atomic E-state index is -0.333. The van der Waals surface area contributed by atoms with E-state index < -0.39 is 0 Å². The topological polar surface area (TPSA) is 73.0 Å². The Balaban J connectivity index is 2.37. The molecule has 2 rings (SSSR count). The first-order chi connectivity index (χ1) is 8.24. The molecular formula is C12H20N4O2. The maximum atomic E-state index is 11.2. The Morgan fingerprint density at radius 2 is 2.11 bits per heavy atom. The molecule has 1 saturated carbocycles. The zero-order valence-electron chi connectivity index (χ0n) is 11.5. The number of nitro groups is 1. The van der Waals surface area contributed by atoms with E-state index in [-0.39, 0.29) is 21.9 Å². The lowest BCUT2D eigenvalue weighted by atomic mass is 10.1. The number of anilines is 1. The number of hydrogen-bond acceptors (Lipinski definition) is 4. The minimum absolute atomic E-state index is 0.0411. The molecule has 0 amide bonds. The van der Waals surface area contributed by atoms with Crippen molar-refractivity contribution >= 4 is 11.5 Å². The number of nitrogens with one attached hydrogen (secondary N) is 1. The van der Waals surface area contributed by atoms with Crippen molar-refractivity contribution in [1.82, 2.24) is 9.78 Å². The second-order valence-electron chi connectivity index (χ2n) is 6.01. The van der Waals surface area contributed by atoms with Gasteiger partial charge in [-0.3, -0.25) is 10.1 Å². The van der Waals surface area contributed by atoms with Crippen molar-refractivity contribution in [3.8, 4) is 0 Å². The normalized spacial score (nSPS) is 21.1. The monoisotopic (exact) mass is 252 g/mol. The standard InChI is InChI=1S/C12H20N4O2/c1-7(2)9-10(16(17)18)11(15(5)14-9)13-8-6-12(8,3)4/h7-8,13H,6H2,1-5H3. The predicted octanol–water partition coefficient (Wildman–Crippen LogP) is 2.66. The molecule has 1 aliphatic carbocycles. The quantitative estimate of drug-likeness (QED) is 0.660. The zero-order valence-corrected chi connectivity index (χ0v) is 11.5. The minimum Gasteiger partial charge on any atom is -0.361 e. The summed E-state index contributed by atoms with van der Waals surface area (Å²) in [5.74, 6) is 0.568. The van der Waals surface area contributed by atoms with E-state index in [0.29, 0.717) is 17.6 Å². The van der Waals surface area contributed by atoms with E-state index in [2.05, 4.69) is 24.3 Å². The van der Waals surface area contributed by atoms with Gasteiger partial charge in [-0.1, -0.05) is 27.7 Å². The number of hydrogen-bond donors (Lipinski definition) is 1. The highest BCUT2D eigenvalue weighted by Crippen LogP contribution is 2.48. The Hall–Kier alpha value is -1.59. The number of nitrogens with zero attached hydrogens (tertiary/aromatic N) is 3. The number of aromatic nitrogens is 2. The molecule has 0 aromatic carbocycles. The van der Waals surface area contributed by atoms with Crippen LogP contribution in [0, 0.1) is 15.5 Å². The summed E-state index contributed by atoms with van der Waals surface area (Å²) in [7, 11) is 1.75. The molecule has 0 spiro atoms. The van der Waals surface area contributed by atoms with Crippen molar-refractivity contribution in [1.29, 1.82) is 0 Å². The first-order valence-electron chi connectivity index (χ1n) is 6.22. The molecule has 0 aliphatic heterocycles. The maximum Gasteiger partial charge on any atom is 0.334 e. The van der Waals surface area contributed by atoms with Crippen LogP contribution < -0.4 is 5.32 Å². The Morgan fingerprint density at radius 3 is 2.50 bits per heavy atom. The van der Waals surface area contributed by atoms with E-state index in [1.807, 2.05) is 13.8 Å². The summed E-state index contributed by atoms with van der Waals surface area (Å²) < 4.78 is 1.59. The van der Waals surface area contributed by atoms with E-state index >= 15 is 0 Å². The summed E-state index contributed by atoms with van der Waals surface area (Å²) in [6.07, 6.45) is 1.03. The Labute approximate surface area is 107 Å². The van der Waals surface area contributed by atoms with Gasteiger partial charge in [-0.2, -0.15) is 5.10 Å². The van der Waals surface area contributed by atoms with Crippen molar-refractivity contribution in [2.45, 2.75) is 46.1 Å². The molecule has 1 unspecified atom stereocenters. The highest BCUT2D eigenvalue weighted by Gasteiger charge is 2.47. The largest absolute Gasteiger partial charge is 0.361 e. The van der Waals surface area contributed by atoms with Crippen LogP contribution in [-0.4, -0.2) is 20.7 Å². The predicted molar refractivity (Wildman–Crippen MR) is 69.8 cm³/mol. The number of aryl methyl sites for hydroxylation is 1. The van der Waals surface area contributed by atoms with Crippen LogP contribution in [0.5, 0.6) is 0 Å². The molecule has 1 atom stereocenters. The molecule has 0 radical (unpaired) electrons. The van der Waals surface area contributed by atoms with Crippen LogP contribution in [0.3, 0.4) is 0 Å². The molecule has 6 heteroatoms. The molecule has 1 fully saturated rings. The molecule has 0 saturated heterocycles. The van der Waals surface area contributed by atoms with Crippen molar-refractivity contribution in [3.63, 3.8) is 0 Å². The second-order valence-corrected chi connectivity index (χ2v) is 6.01. The van der Waals surface area contributed by atoms with Crippen molar-refractivity contribution < 1.29 is 4.92 Å². The van der Waals surface area contributed by atoms with Gasteiger partial charge in [0, 0.05) is 19.0 Å². The van der Waals surface area contributed by atoms with Crippen LogP contribution in [0.2, 0.25) is 0 Å². The molecule has 6 nitrogen and oxygen atoms in total. The second kappa shape index (κ2) is 3.96. The molecular weight excluding hydrogens is 232 g/mol. The summed E-state index contributed by atoms with van der Waals surface area (Å²) in [4.78, 5) is 10.9. The smallest absolute Gasteiger partial charge is 0.334 e. The van der Waals surface area contributed by atoms with Crippen molar-refractivity contribution in [2.24, 2.45) is 12.5 Å². The Bertz CT molecular complexity index is 491. The Morgan fingerprint density at radius 1 is 1.56 bits per heavy atom. The fourth-order valence-corrected chi connectivity index (χ4v) is 2.14. The molecule has 1 aliphatic rings. The molecule has 100 valence electrons. The molecule has 0 bridgehead atoms. The van der Waals surface area contributed by atoms with E-state index in [1.165, 1.54) is 0 Å². The average Bonchev–Trinajstić information content (AvgIpc) is 2.67. The average molecular weight is 252 g/mol. The highest BCUT2D eigenvalue weighted by atomic mass is 16.6. The summed E-state index contributed by atoms with van der Waals surface area (Å²) in [6.45, 7) is 8.13. The summed E-state index contributed by atoms with van der Waals surface area (Å²) in [5.41, 5.74) is 0.884. The highest BCUT2D eigenvalue weighted by molar-refractivity contribution is 5.61. The lowest BCUT2D eigenvalue weighted by molar-refractivity contribution is -0.384. The number of rotatable bonds is 4. The van der Waals surface area contributed by atoms with Gasteiger partial charge in [-0.15, -0.1) is 0 Å². The summed E-state index contributed by atoms with van der Waals surface area (Å²) >= 11 is 0. The van der Waals surface area contributed by atoms with E-state index in [4.69, 9.17) is 0 Å². The van der Waals surface area contributed by atoms with Gasteiger partial charge in [0.2, 0.25) is 5.82 Å². The van der Waals surface area contributed by atoms with Crippen LogP contribution >= 0.6 is 0 Å². The van der Waals surface area contributed by atoms with E-state index in [1.54, 1.807) is 11.7 Å². The lowest BCUT2D eigenvalue weighted by Gasteiger charge is -2.07. The zero-order chi connectivity index (χ0) is 13.7. The van der Waals surface area contributed by atoms with Crippen LogP contribution in [0.25, 0.3) is 0 Å². The van der Waals surface area contributed by atoms with Gasteiger partial charge in [0.15, 0.2) is 0 Å². The third-order valence-corrected chi connectivity index (χ3v) is 3.60. The first kappa shape index (κ1) is 12.9. The molecule has 1 aromatic heterocycles. The molecule has 18 heavy (non-hydrogen) atoms. The SMILES string of the molecule is CC(C)c1nn(C)c(NC2CC2(C)C)c1[N+](=O)[O-]. The van der Waals surface area contributed by atoms with E-state index in [9.17, 15) is 10.1 Å². The van der Waals surface area contributed by atoms with E-state index in [0.717, 1.165) is 6.42 Å². The summed E-state index contributed by atoms with van der Waals surface area (Å²) in [6, 6.07) is 0.298. The molecule has 1 heterocycles. The van der Waals surface area contributed by atoms with Crippen LogP contribution in [0.15, 0.2) is 0 Å². The van der Waals surface area contributed by atoms with Crippen LogP contribution in [-0.2, 0) is 7.05 Å². The van der Waals surface area contributed by atoms with Gasteiger partial charge in [-0.05, 0) is 11.8 Å².